The van der Waals surface area contributed by atoms with Crippen molar-refractivity contribution >= 4 is 51.4 Å². The number of thiazole rings is 1. The molecular weight excluding hydrogens is 412 g/mol. The molecule has 0 bridgehead atoms. The number of carbonyl (C=O) groups excluding carboxylic acids is 2. The average molecular weight is 431 g/mol. The van der Waals surface area contributed by atoms with Crippen molar-refractivity contribution in [1.82, 2.24) is 4.98 Å². The summed E-state index contributed by atoms with van der Waals surface area (Å²) in [7, 11) is 1.54. The van der Waals surface area contributed by atoms with Crippen molar-refractivity contribution in [2.75, 3.05) is 23.1 Å². The molecule has 3 N–H and O–H groups in total. The Balaban J connectivity index is 1.69. The first-order chi connectivity index (χ1) is 13.9. The number of urea groups is 1. The molecule has 1 heterocycles. The average Bonchev–Trinajstić information content (AvgIpc) is 3.03. The fourth-order valence-corrected chi connectivity index (χ4v) is 3.61. The summed E-state index contributed by atoms with van der Waals surface area (Å²) in [6, 6.07) is 11.8. The van der Waals surface area contributed by atoms with Crippen LogP contribution in [0.5, 0.6) is 5.75 Å². The van der Waals surface area contributed by atoms with Gasteiger partial charge in [-0.05, 0) is 49.7 Å². The van der Waals surface area contributed by atoms with Gasteiger partial charge in [0.1, 0.15) is 10.6 Å². The SMILES string of the molecule is COc1cc(C)ccc1NC(=O)c1sc(NC(=O)Nc2cccc(Cl)c2)nc1C. The maximum absolute atomic E-state index is 12.7. The number of hydrogen-bond donors (Lipinski definition) is 3. The van der Waals surface area contributed by atoms with E-state index >= 15 is 0 Å². The predicted molar refractivity (Wildman–Crippen MR) is 117 cm³/mol. The summed E-state index contributed by atoms with van der Waals surface area (Å²) in [6.07, 6.45) is 0. The topological polar surface area (TPSA) is 92.4 Å². The number of aromatic nitrogens is 1. The van der Waals surface area contributed by atoms with Crippen LogP contribution < -0.4 is 20.7 Å². The van der Waals surface area contributed by atoms with Gasteiger partial charge in [0.2, 0.25) is 0 Å². The minimum absolute atomic E-state index is 0.308. The minimum atomic E-state index is -0.479. The lowest BCUT2D eigenvalue weighted by molar-refractivity contribution is 0.102. The van der Waals surface area contributed by atoms with E-state index in [1.54, 1.807) is 44.4 Å². The van der Waals surface area contributed by atoms with Crippen LogP contribution in [-0.2, 0) is 0 Å². The zero-order chi connectivity index (χ0) is 21.0. The molecule has 150 valence electrons. The number of carbonyl (C=O) groups is 2. The third kappa shape index (κ3) is 5.24. The molecule has 2 aromatic carbocycles. The minimum Gasteiger partial charge on any atom is -0.495 e. The van der Waals surface area contributed by atoms with Crippen LogP contribution in [-0.4, -0.2) is 24.0 Å². The molecule has 0 radical (unpaired) electrons. The van der Waals surface area contributed by atoms with E-state index in [2.05, 4.69) is 20.9 Å². The monoisotopic (exact) mass is 430 g/mol. The number of benzene rings is 2. The molecule has 0 spiro atoms. The largest absolute Gasteiger partial charge is 0.495 e. The second kappa shape index (κ2) is 8.93. The lowest BCUT2D eigenvalue weighted by atomic mass is 10.2. The second-order valence-corrected chi connectivity index (χ2v) is 7.62. The number of nitrogens with zero attached hydrogens (tertiary/aromatic N) is 1. The molecule has 0 atom stereocenters. The van der Waals surface area contributed by atoms with Gasteiger partial charge >= 0.3 is 6.03 Å². The highest BCUT2D eigenvalue weighted by Crippen LogP contribution is 2.28. The van der Waals surface area contributed by atoms with Gasteiger partial charge in [-0.3, -0.25) is 10.1 Å². The maximum atomic E-state index is 12.7. The van der Waals surface area contributed by atoms with Crippen molar-refractivity contribution in [2.45, 2.75) is 13.8 Å². The number of hydrogen-bond acceptors (Lipinski definition) is 5. The van der Waals surface area contributed by atoms with E-state index in [1.165, 1.54) is 0 Å². The van der Waals surface area contributed by atoms with Crippen molar-refractivity contribution in [1.29, 1.82) is 0 Å². The molecule has 0 aliphatic carbocycles. The van der Waals surface area contributed by atoms with E-state index in [-0.39, 0.29) is 5.91 Å². The van der Waals surface area contributed by atoms with E-state index in [1.807, 2.05) is 19.1 Å². The first-order valence-electron chi connectivity index (χ1n) is 8.62. The zero-order valence-corrected chi connectivity index (χ0v) is 17.6. The van der Waals surface area contributed by atoms with E-state index in [4.69, 9.17) is 16.3 Å². The van der Waals surface area contributed by atoms with Crippen molar-refractivity contribution in [3.8, 4) is 5.75 Å². The molecule has 7 nitrogen and oxygen atoms in total. The highest BCUT2D eigenvalue weighted by Gasteiger charge is 2.18. The quantitative estimate of drug-likeness (QED) is 0.510. The highest BCUT2D eigenvalue weighted by atomic mass is 35.5. The van der Waals surface area contributed by atoms with E-state index in [9.17, 15) is 9.59 Å². The third-order valence-corrected chi connectivity index (χ3v) is 5.22. The third-order valence-electron chi connectivity index (χ3n) is 3.91. The van der Waals surface area contributed by atoms with Crippen LogP contribution in [0.1, 0.15) is 20.9 Å². The number of ether oxygens (including phenoxy) is 1. The Hall–Kier alpha value is -3.10. The van der Waals surface area contributed by atoms with Crippen LogP contribution in [0.2, 0.25) is 5.02 Å². The zero-order valence-electron chi connectivity index (χ0n) is 16.0. The molecule has 0 aliphatic heterocycles. The van der Waals surface area contributed by atoms with Gasteiger partial charge in [0.25, 0.3) is 5.91 Å². The molecule has 0 saturated carbocycles. The van der Waals surface area contributed by atoms with E-state index in [0.29, 0.717) is 37.8 Å². The number of aryl methyl sites for hydroxylation is 2. The van der Waals surface area contributed by atoms with Gasteiger partial charge in [-0.2, -0.15) is 0 Å². The molecule has 1 aromatic heterocycles. The van der Waals surface area contributed by atoms with Crippen LogP contribution in [0, 0.1) is 13.8 Å². The van der Waals surface area contributed by atoms with Crippen LogP contribution in [0.25, 0.3) is 0 Å². The number of anilines is 3. The lowest BCUT2D eigenvalue weighted by Gasteiger charge is -2.10. The molecule has 3 aromatic rings. The number of halogens is 1. The van der Waals surface area contributed by atoms with Gasteiger partial charge in [-0.15, -0.1) is 0 Å². The maximum Gasteiger partial charge on any atom is 0.325 e. The molecule has 3 amide bonds. The Labute approximate surface area is 177 Å². The summed E-state index contributed by atoms with van der Waals surface area (Å²) < 4.78 is 5.31. The number of nitrogens with one attached hydrogen (secondary N) is 3. The van der Waals surface area contributed by atoms with Crippen molar-refractivity contribution in [2.24, 2.45) is 0 Å². The van der Waals surface area contributed by atoms with Crippen molar-refractivity contribution in [3.63, 3.8) is 0 Å². The predicted octanol–water partition coefficient (Wildman–Crippen LogP) is 5.32. The van der Waals surface area contributed by atoms with Gasteiger partial charge in [0.05, 0.1) is 18.5 Å². The Morgan fingerprint density at radius 3 is 2.59 bits per heavy atom. The Bertz CT molecular complexity index is 1070. The van der Waals surface area contributed by atoms with Gasteiger partial charge in [0.15, 0.2) is 5.13 Å². The van der Waals surface area contributed by atoms with Gasteiger partial charge in [0, 0.05) is 10.7 Å². The number of rotatable bonds is 5. The summed E-state index contributed by atoms with van der Waals surface area (Å²) in [5.41, 5.74) is 2.64. The fourth-order valence-electron chi connectivity index (χ4n) is 2.57. The van der Waals surface area contributed by atoms with Crippen molar-refractivity contribution in [3.05, 3.63) is 63.6 Å². The lowest BCUT2D eigenvalue weighted by Crippen LogP contribution is -2.19. The van der Waals surface area contributed by atoms with E-state index < -0.39 is 6.03 Å². The summed E-state index contributed by atoms with van der Waals surface area (Å²) in [4.78, 5) is 29.5. The second-order valence-electron chi connectivity index (χ2n) is 6.18. The Kier molecular flexibility index (Phi) is 6.36. The molecule has 0 aliphatic rings. The summed E-state index contributed by atoms with van der Waals surface area (Å²) in [5, 5.41) is 8.94. The van der Waals surface area contributed by atoms with E-state index in [0.717, 1.165) is 16.9 Å². The summed E-state index contributed by atoms with van der Waals surface area (Å²) >= 11 is 6.99. The number of amides is 3. The molecular formula is C20H19ClN4O3S. The smallest absolute Gasteiger partial charge is 0.325 e. The summed E-state index contributed by atoms with van der Waals surface area (Å²) in [5.74, 6) is 0.241. The fraction of sp³-hybridized carbons (Fsp3) is 0.150. The van der Waals surface area contributed by atoms with Crippen LogP contribution in [0.15, 0.2) is 42.5 Å². The van der Waals surface area contributed by atoms with Crippen LogP contribution >= 0.6 is 22.9 Å². The van der Waals surface area contributed by atoms with Gasteiger partial charge in [-0.25, -0.2) is 9.78 Å². The standard InChI is InChI=1S/C20H19ClN4O3S/c1-11-7-8-15(16(9-11)28-3)24-18(26)17-12(2)22-20(29-17)25-19(27)23-14-6-4-5-13(21)10-14/h4-10H,1-3H3,(H,24,26)(H2,22,23,25,27). The van der Waals surface area contributed by atoms with Crippen LogP contribution in [0.4, 0.5) is 21.3 Å². The molecule has 29 heavy (non-hydrogen) atoms. The molecule has 0 fully saturated rings. The van der Waals surface area contributed by atoms with Crippen molar-refractivity contribution < 1.29 is 14.3 Å². The first kappa shape index (κ1) is 20.6. The molecule has 0 saturated heterocycles. The normalized spacial score (nSPS) is 10.3. The van der Waals surface area contributed by atoms with Gasteiger partial charge < -0.3 is 15.4 Å². The number of methoxy groups -OCH3 is 1. The molecule has 3 rings (SSSR count). The molecule has 0 unspecified atom stereocenters. The Morgan fingerprint density at radius 1 is 1.07 bits per heavy atom. The first-order valence-corrected chi connectivity index (χ1v) is 9.82. The Morgan fingerprint density at radius 2 is 1.86 bits per heavy atom. The molecule has 9 heteroatoms. The van der Waals surface area contributed by atoms with Gasteiger partial charge in [-0.1, -0.05) is 35.1 Å². The summed E-state index contributed by atoms with van der Waals surface area (Å²) in [6.45, 7) is 3.64. The highest BCUT2D eigenvalue weighted by molar-refractivity contribution is 7.17. The van der Waals surface area contributed by atoms with Crippen LogP contribution in [0.3, 0.4) is 0 Å².